The van der Waals surface area contributed by atoms with Crippen molar-refractivity contribution in [2.75, 3.05) is 18.5 Å². The molecular formula is C21H22FNO5S. The molecule has 0 aliphatic carbocycles. The topological polar surface area (TPSA) is 81.7 Å². The van der Waals surface area contributed by atoms with Gasteiger partial charge in [-0.05, 0) is 49.6 Å². The third-order valence-electron chi connectivity index (χ3n) is 3.90. The number of halogens is 1. The highest BCUT2D eigenvalue weighted by Crippen LogP contribution is 2.34. The van der Waals surface area contributed by atoms with E-state index in [4.69, 9.17) is 9.47 Å². The van der Waals surface area contributed by atoms with Gasteiger partial charge < -0.3 is 14.8 Å². The molecule has 6 nitrogen and oxygen atoms in total. The number of benzene rings is 1. The van der Waals surface area contributed by atoms with E-state index < -0.39 is 30.3 Å². The quantitative estimate of drug-likeness (QED) is 0.514. The van der Waals surface area contributed by atoms with Crippen LogP contribution in [-0.2, 0) is 25.5 Å². The Labute approximate surface area is 172 Å². The average Bonchev–Trinajstić information content (AvgIpc) is 2.99. The summed E-state index contributed by atoms with van der Waals surface area (Å²) in [7, 11) is 0. The fourth-order valence-electron chi connectivity index (χ4n) is 2.63. The van der Waals surface area contributed by atoms with Crippen molar-refractivity contribution < 1.29 is 28.2 Å². The Morgan fingerprint density at radius 1 is 1.21 bits per heavy atom. The zero-order valence-electron chi connectivity index (χ0n) is 16.4. The van der Waals surface area contributed by atoms with E-state index >= 15 is 0 Å². The van der Waals surface area contributed by atoms with Gasteiger partial charge in [-0.2, -0.15) is 0 Å². The van der Waals surface area contributed by atoms with Crippen LogP contribution in [0.3, 0.4) is 0 Å². The molecule has 0 bridgehead atoms. The number of amides is 1. The van der Waals surface area contributed by atoms with Crippen LogP contribution in [0.1, 0.15) is 40.2 Å². The highest BCUT2D eigenvalue weighted by Gasteiger charge is 2.23. The molecule has 1 N–H and O–H groups in total. The molecule has 1 amide bonds. The smallest absolute Gasteiger partial charge is 0.341 e. The zero-order chi connectivity index (χ0) is 21.4. The highest BCUT2D eigenvalue weighted by atomic mass is 32.1. The van der Waals surface area contributed by atoms with E-state index in [1.165, 1.54) is 35.6 Å². The van der Waals surface area contributed by atoms with Crippen LogP contribution in [0.2, 0.25) is 0 Å². The van der Waals surface area contributed by atoms with Crippen LogP contribution in [0.4, 0.5) is 9.39 Å². The summed E-state index contributed by atoms with van der Waals surface area (Å²) in [5.74, 6) is -2.24. The van der Waals surface area contributed by atoms with Crippen LogP contribution in [0.5, 0.6) is 0 Å². The summed E-state index contributed by atoms with van der Waals surface area (Å²) in [5, 5.41) is 2.98. The van der Waals surface area contributed by atoms with Crippen LogP contribution < -0.4 is 5.32 Å². The standard InChI is InChI=1S/C21H22FNO5S/c1-4-16-13(3)29-20(19(16)21(26)27-5-2)23-17(24)12-28-18(25)10-9-14-7-6-8-15(22)11-14/h6-11H,4-5,12H2,1-3H3,(H,23,24)/b10-9+. The number of carbonyl (C=O) groups is 3. The summed E-state index contributed by atoms with van der Waals surface area (Å²) in [6.07, 6.45) is 3.11. The number of nitrogens with one attached hydrogen (secondary N) is 1. The largest absolute Gasteiger partial charge is 0.462 e. The Hall–Kier alpha value is -3.00. The molecule has 0 unspecified atom stereocenters. The van der Waals surface area contributed by atoms with Crippen LogP contribution in [0, 0.1) is 12.7 Å². The Balaban J connectivity index is 1.98. The number of carbonyl (C=O) groups excluding carboxylic acids is 3. The van der Waals surface area contributed by atoms with Gasteiger partial charge in [0.2, 0.25) is 0 Å². The lowest BCUT2D eigenvalue weighted by Gasteiger charge is -2.08. The highest BCUT2D eigenvalue weighted by molar-refractivity contribution is 7.16. The number of esters is 2. The predicted octanol–water partition coefficient (Wildman–Crippen LogP) is 4.13. The van der Waals surface area contributed by atoms with Crippen molar-refractivity contribution in [2.24, 2.45) is 0 Å². The number of rotatable bonds is 8. The first-order valence-corrected chi connectivity index (χ1v) is 9.87. The van der Waals surface area contributed by atoms with Crippen LogP contribution in [0.25, 0.3) is 6.08 Å². The molecule has 0 aliphatic heterocycles. The monoisotopic (exact) mass is 419 g/mol. The van der Waals surface area contributed by atoms with Gasteiger partial charge in [0.1, 0.15) is 10.8 Å². The Bertz CT molecular complexity index is 935. The molecule has 29 heavy (non-hydrogen) atoms. The summed E-state index contributed by atoms with van der Waals surface area (Å²) in [6, 6.07) is 5.70. The van der Waals surface area contributed by atoms with Gasteiger partial charge in [0.25, 0.3) is 5.91 Å². The normalized spacial score (nSPS) is 10.8. The number of hydrogen-bond acceptors (Lipinski definition) is 6. The van der Waals surface area contributed by atoms with Gasteiger partial charge in [-0.15, -0.1) is 11.3 Å². The summed E-state index contributed by atoms with van der Waals surface area (Å²) in [6.45, 7) is 5.18. The van der Waals surface area contributed by atoms with E-state index in [0.717, 1.165) is 16.5 Å². The molecule has 1 aromatic heterocycles. The molecule has 0 radical (unpaired) electrons. The Morgan fingerprint density at radius 3 is 2.62 bits per heavy atom. The van der Waals surface area contributed by atoms with Crippen LogP contribution in [-0.4, -0.2) is 31.1 Å². The van der Waals surface area contributed by atoms with Crippen LogP contribution in [0.15, 0.2) is 30.3 Å². The fraction of sp³-hybridized carbons (Fsp3) is 0.286. The molecule has 1 heterocycles. The number of thiophene rings is 1. The minimum absolute atomic E-state index is 0.222. The third kappa shape index (κ3) is 6.25. The lowest BCUT2D eigenvalue weighted by molar-refractivity contribution is -0.142. The van der Waals surface area contributed by atoms with Crippen molar-refractivity contribution in [3.63, 3.8) is 0 Å². The second kappa shape index (κ2) is 10.5. The molecule has 2 rings (SSSR count). The van der Waals surface area contributed by atoms with Crippen molar-refractivity contribution in [3.8, 4) is 0 Å². The van der Waals surface area contributed by atoms with Gasteiger partial charge in [0.15, 0.2) is 6.61 Å². The maximum Gasteiger partial charge on any atom is 0.341 e. The van der Waals surface area contributed by atoms with Crippen molar-refractivity contribution in [2.45, 2.75) is 27.2 Å². The lowest BCUT2D eigenvalue weighted by Crippen LogP contribution is -2.21. The molecule has 0 saturated heterocycles. The van der Waals surface area contributed by atoms with Gasteiger partial charge in [0, 0.05) is 11.0 Å². The molecule has 0 spiro atoms. The van der Waals surface area contributed by atoms with Crippen molar-refractivity contribution in [1.82, 2.24) is 0 Å². The first-order valence-electron chi connectivity index (χ1n) is 9.05. The van der Waals surface area contributed by atoms with Crippen LogP contribution >= 0.6 is 11.3 Å². The molecule has 154 valence electrons. The summed E-state index contributed by atoms with van der Waals surface area (Å²) in [4.78, 5) is 37.1. The molecule has 0 aliphatic rings. The molecule has 0 atom stereocenters. The third-order valence-corrected chi connectivity index (χ3v) is 4.96. The van der Waals surface area contributed by atoms with E-state index in [2.05, 4.69) is 5.32 Å². The molecule has 0 fully saturated rings. The molecular weight excluding hydrogens is 397 g/mol. The molecule has 8 heteroatoms. The summed E-state index contributed by atoms with van der Waals surface area (Å²) in [5.41, 5.74) is 1.65. The summed E-state index contributed by atoms with van der Waals surface area (Å²) >= 11 is 1.27. The van der Waals surface area contributed by atoms with Gasteiger partial charge >= 0.3 is 11.9 Å². The Kier molecular flexibility index (Phi) is 8.09. The number of ether oxygens (including phenoxy) is 2. The average molecular weight is 419 g/mol. The fourth-order valence-corrected chi connectivity index (χ4v) is 3.78. The first-order chi connectivity index (χ1) is 13.8. The van der Waals surface area contributed by atoms with Crippen molar-refractivity contribution in [3.05, 3.63) is 57.7 Å². The number of hydrogen-bond donors (Lipinski definition) is 1. The maximum absolute atomic E-state index is 13.1. The van der Waals surface area contributed by atoms with E-state index in [9.17, 15) is 18.8 Å². The predicted molar refractivity (Wildman–Crippen MR) is 109 cm³/mol. The maximum atomic E-state index is 13.1. The zero-order valence-corrected chi connectivity index (χ0v) is 17.2. The van der Waals surface area contributed by atoms with E-state index in [0.29, 0.717) is 22.5 Å². The number of aryl methyl sites for hydroxylation is 1. The molecule has 2 aromatic rings. The van der Waals surface area contributed by atoms with E-state index in [-0.39, 0.29) is 6.61 Å². The lowest BCUT2D eigenvalue weighted by atomic mass is 10.1. The number of anilines is 1. The van der Waals surface area contributed by atoms with Gasteiger partial charge in [-0.1, -0.05) is 19.1 Å². The minimum Gasteiger partial charge on any atom is -0.462 e. The second-order valence-corrected chi connectivity index (χ2v) is 7.18. The SMILES string of the molecule is CCOC(=O)c1c(NC(=O)COC(=O)/C=C/c2cccc(F)c2)sc(C)c1CC. The second-order valence-electron chi connectivity index (χ2n) is 5.96. The van der Waals surface area contributed by atoms with E-state index in [1.807, 2.05) is 13.8 Å². The molecule has 1 aromatic carbocycles. The summed E-state index contributed by atoms with van der Waals surface area (Å²) < 4.78 is 23.1. The van der Waals surface area contributed by atoms with Crippen molar-refractivity contribution in [1.29, 1.82) is 0 Å². The van der Waals surface area contributed by atoms with Gasteiger partial charge in [-0.3, -0.25) is 4.79 Å². The van der Waals surface area contributed by atoms with Gasteiger partial charge in [0.05, 0.1) is 12.2 Å². The molecule has 0 saturated carbocycles. The first kappa shape index (κ1) is 22.3. The Morgan fingerprint density at radius 2 is 1.97 bits per heavy atom. The van der Waals surface area contributed by atoms with E-state index in [1.54, 1.807) is 13.0 Å². The van der Waals surface area contributed by atoms with Crippen molar-refractivity contribution >= 4 is 40.3 Å². The minimum atomic E-state index is -0.744. The van der Waals surface area contributed by atoms with Gasteiger partial charge in [-0.25, -0.2) is 14.0 Å².